The number of nitrogens with zero attached hydrogens (tertiary/aromatic N) is 2. The molecule has 2 fully saturated rings. The molecule has 1 unspecified atom stereocenters. The van der Waals surface area contributed by atoms with Gasteiger partial charge in [0.05, 0.1) is 17.8 Å². The number of furan rings is 1. The van der Waals surface area contributed by atoms with Crippen LogP contribution >= 0.6 is 0 Å². The minimum Gasteiger partial charge on any atom is -0.507 e. The zero-order valence-corrected chi connectivity index (χ0v) is 17.8. The highest BCUT2D eigenvalue weighted by atomic mass is 16.5. The Morgan fingerprint density at radius 2 is 1.90 bits per heavy atom. The molecular weight excluding hydrogens is 396 g/mol. The number of amides is 1. The Morgan fingerprint density at radius 3 is 2.61 bits per heavy atom. The van der Waals surface area contributed by atoms with Gasteiger partial charge in [-0.15, -0.1) is 0 Å². The Kier molecular flexibility index (Phi) is 4.76. The van der Waals surface area contributed by atoms with Crippen molar-refractivity contribution in [3.05, 3.63) is 53.0 Å². The van der Waals surface area contributed by atoms with Crippen molar-refractivity contribution in [3.63, 3.8) is 0 Å². The first-order chi connectivity index (χ1) is 15.0. The molecule has 0 radical (unpaired) electrons. The number of anilines is 1. The van der Waals surface area contributed by atoms with Gasteiger partial charge in [-0.25, -0.2) is 0 Å². The third-order valence-corrected chi connectivity index (χ3v) is 6.56. The molecule has 1 amide bonds. The number of ketones is 1. The molecule has 7 nitrogen and oxygen atoms in total. The van der Waals surface area contributed by atoms with Crippen molar-refractivity contribution in [2.45, 2.75) is 44.7 Å². The Labute approximate surface area is 180 Å². The number of likely N-dealkylation sites (N-methyl/N-ethyl adjacent to an activating group) is 1. The third kappa shape index (κ3) is 3.19. The number of aliphatic hydroxyl groups excluding tert-OH is 1. The first kappa shape index (κ1) is 19.7. The standard InChI is InChI=1S/C24H26N2O5/c1-14-7-9-19(31-14)21-20(23(28)24(29)26(21)16-5-3-4-6-16)22(27)15-8-10-18-17(13-15)25(2)11-12-30-18/h7-10,13,16,21,27H,3-6,11-12H2,1-2H3/b22-20-. The van der Waals surface area contributed by atoms with Gasteiger partial charge in [-0.1, -0.05) is 12.8 Å². The minimum atomic E-state index is -0.721. The van der Waals surface area contributed by atoms with Crippen LogP contribution in [0.5, 0.6) is 5.75 Å². The molecule has 1 aliphatic carbocycles. The largest absolute Gasteiger partial charge is 0.507 e. The number of benzene rings is 1. The molecule has 0 bridgehead atoms. The van der Waals surface area contributed by atoms with Crippen molar-refractivity contribution in [1.29, 1.82) is 0 Å². The molecule has 1 aromatic carbocycles. The van der Waals surface area contributed by atoms with Crippen molar-refractivity contribution in [1.82, 2.24) is 4.90 Å². The van der Waals surface area contributed by atoms with Crippen LogP contribution in [0.1, 0.15) is 48.8 Å². The fourth-order valence-corrected chi connectivity index (χ4v) is 4.94. The van der Waals surface area contributed by atoms with Gasteiger partial charge in [0.2, 0.25) is 0 Å². The lowest BCUT2D eigenvalue weighted by atomic mass is 9.98. The summed E-state index contributed by atoms with van der Waals surface area (Å²) in [5, 5.41) is 11.3. The first-order valence-corrected chi connectivity index (χ1v) is 10.8. The molecule has 1 saturated carbocycles. The number of aryl methyl sites for hydroxylation is 1. The highest BCUT2D eigenvalue weighted by molar-refractivity contribution is 6.46. The van der Waals surface area contributed by atoms with Gasteiger partial charge >= 0.3 is 0 Å². The molecular formula is C24H26N2O5. The SMILES string of the molecule is Cc1ccc(C2/C(=C(/O)c3ccc4c(c3)N(C)CCO4)C(=O)C(=O)N2C2CCCC2)o1. The summed E-state index contributed by atoms with van der Waals surface area (Å²) in [5.74, 6) is 0.523. The Morgan fingerprint density at radius 1 is 1.13 bits per heavy atom. The van der Waals surface area contributed by atoms with E-state index in [4.69, 9.17) is 9.15 Å². The van der Waals surface area contributed by atoms with Crippen molar-refractivity contribution in [2.75, 3.05) is 25.1 Å². The van der Waals surface area contributed by atoms with E-state index in [1.54, 1.807) is 29.2 Å². The van der Waals surface area contributed by atoms with E-state index in [1.807, 2.05) is 24.9 Å². The van der Waals surface area contributed by atoms with Gasteiger partial charge < -0.3 is 24.1 Å². The number of carbonyl (C=O) groups is 2. The quantitative estimate of drug-likeness (QED) is 0.460. The second-order valence-electron chi connectivity index (χ2n) is 8.55. The predicted molar refractivity (Wildman–Crippen MR) is 115 cm³/mol. The van der Waals surface area contributed by atoms with E-state index in [2.05, 4.69) is 0 Å². The molecule has 7 heteroatoms. The van der Waals surface area contributed by atoms with E-state index in [-0.39, 0.29) is 17.4 Å². The number of carbonyl (C=O) groups excluding carboxylic acids is 2. The Bertz CT molecular complexity index is 1080. The van der Waals surface area contributed by atoms with Gasteiger partial charge in [-0.05, 0) is 50.1 Å². The molecule has 3 heterocycles. The molecule has 1 atom stereocenters. The molecule has 0 spiro atoms. The maximum absolute atomic E-state index is 13.1. The zero-order chi connectivity index (χ0) is 21.7. The highest BCUT2D eigenvalue weighted by Crippen LogP contribution is 2.44. The number of Topliss-reactive ketones (excluding diaryl/α,β-unsaturated/α-hetero) is 1. The summed E-state index contributed by atoms with van der Waals surface area (Å²) in [5.41, 5.74) is 1.41. The molecule has 1 N–H and O–H groups in total. The maximum atomic E-state index is 13.1. The van der Waals surface area contributed by atoms with Crippen molar-refractivity contribution in [2.24, 2.45) is 0 Å². The number of aliphatic hydroxyl groups is 1. The number of hydrogen-bond donors (Lipinski definition) is 1. The van der Waals surface area contributed by atoms with Crippen LogP contribution in [0, 0.1) is 6.92 Å². The summed E-state index contributed by atoms with van der Waals surface area (Å²) >= 11 is 0. The molecule has 1 aromatic heterocycles. The van der Waals surface area contributed by atoms with Crippen molar-refractivity contribution < 1.29 is 23.8 Å². The summed E-state index contributed by atoms with van der Waals surface area (Å²) in [6, 6.07) is 8.17. The fraction of sp³-hybridized carbons (Fsp3) is 0.417. The average Bonchev–Trinajstić information content (AvgIpc) is 3.49. The van der Waals surface area contributed by atoms with Crippen LogP contribution < -0.4 is 9.64 Å². The normalized spacial score (nSPS) is 23.4. The first-order valence-electron chi connectivity index (χ1n) is 10.8. The smallest absolute Gasteiger partial charge is 0.296 e. The third-order valence-electron chi connectivity index (χ3n) is 6.56. The number of hydrogen-bond acceptors (Lipinski definition) is 6. The van der Waals surface area contributed by atoms with Gasteiger partial charge in [0.15, 0.2) is 0 Å². The van der Waals surface area contributed by atoms with Crippen LogP contribution in [0.25, 0.3) is 5.76 Å². The molecule has 2 aliphatic heterocycles. The van der Waals surface area contributed by atoms with E-state index in [1.165, 1.54) is 0 Å². The van der Waals surface area contributed by atoms with Crippen LogP contribution in [-0.2, 0) is 9.59 Å². The van der Waals surface area contributed by atoms with Crippen LogP contribution in [0.4, 0.5) is 5.69 Å². The fourth-order valence-electron chi connectivity index (χ4n) is 4.94. The molecule has 3 aliphatic rings. The summed E-state index contributed by atoms with van der Waals surface area (Å²) in [4.78, 5) is 29.9. The number of ether oxygens (including phenoxy) is 1. The lowest BCUT2D eigenvalue weighted by Crippen LogP contribution is -2.37. The maximum Gasteiger partial charge on any atom is 0.296 e. The summed E-state index contributed by atoms with van der Waals surface area (Å²) < 4.78 is 11.5. The van der Waals surface area contributed by atoms with Crippen molar-refractivity contribution in [3.8, 4) is 5.75 Å². The van der Waals surface area contributed by atoms with Crippen LogP contribution in [-0.4, -0.2) is 47.9 Å². The molecule has 5 rings (SSSR count). The lowest BCUT2D eigenvalue weighted by molar-refractivity contribution is -0.141. The lowest BCUT2D eigenvalue weighted by Gasteiger charge is -2.29. The monoisotopic (exact) mass is 422 g/mol. The van der Waals surface area contributed by atoms with Gasteiger partial charge in [-0.2, -0.15) is 0 Å². The predicted octanol–water partition coefficient (Wildman–Crippen LogP) is 3.78. The zero-order valence-electron chi connectivity index (χ0n) is 17.8. The number of likely N-dealkylation sites (tertiary alicyclic amines) is 1. The summed E-state index contributed by atoms with van der Waals surface area (Å²) in [6.07, 6.45) is 3.75. The highest BCUT2D eigenvalue weighted by Gasteiger charge is 2.50. The van der Waals surface area contributed by atoms with E-state index < -0.39 is 17.7 Å². The molecule has 2 aromatic rings. The second kappa shape index (κ2) is 7.48. The Hall–Kier alpha value is -3.22. The topological polar surface area (TPSA) is 83.2 Å². The van der Waals surface area contributed by atoms with E-state index >= 15 is 0 Å². The Balaban J connectivity index is 1.64. The molecule has 162 valence electrons. The van der Waals surface area contributed by atoms with Crippen LogP contribution in [0.2, 0.25) is 0 Å². The molecule has 1 saturated heterocycles. The van der Waals surface area contributed by atoms with Gasteiger partial charge in [0.25, 0.3) is 11.7 Å². The van der Waals surface area contributed by atoms with E-state index in [0.29, 0.717) is 23.7 Å². The minimum absolute atomic E-state index is 0.0276. The van der Waals surface area contributed by atoms with Crippen molar-refractivity contribution >= 4 is 23.1 Å². The summed E-state index contributed by atoms with van der Waals surface area (Å²) in [6.45, 7) is 3.15. The number of fused-ring (bicyclic) bond motifs is 1. The van der Waals surface area contributed by atoms with Gasteiger partial charge in [0.1, 0.15) is 35.7 Å². The number of rotatable bonds is 3. The van der Waals surface area contributed by atoms with E-state index in [0.717, 1.165) is 43.7 Å². The average molecular weight is 422 g/mol. The van der Waals surface area contributed by atoms with E-state index in [9.17, 15) is 14.7 Å². The van der Waals surface area contributed by atoms with Gasteiger partial charge in [0, 0.05) is 18.7 Å². The summed E-state index contributed by atoms with van der Waals surface area (Å²) in [7, 11) is 1.95. The van der Waals surface area contributed by atoms with Crippen LogP contribution in [0.15, 0.2) is 40.3 Å². The van der Waals surface area contributed by atoms with Crippen LogP contribution in [0.3, 0.4) is 0 Å². The van der Waals surface area contributed by atoms with Gasteiger partial charge in [-0.3, -0.25) is 9.59 Å². The second-order valence-corrected chi connectivity index (χ2v) is 8.55. The molecule has 31 heavy (non-hydrogen) atoms.